The predicted octanol–water partition coefficient (Wildman–Crippen LogP) is 1.73. The largest absolute Gasteiger partial charge is 0.352 e. The highest BCUT2D eigenvalue weighted by atomic mass is 16.2. The van der Waals surface area contributed by atoms with Gasteiger partial charge >= 0.3 is 0 Å². The van der Waals surface area contributed by atoms with Crippen LogP contribution in [0.5, 0.6) is 0 Å². The quantitative estimate of drug-likeness (QED) is 0.705. The smallest absolute Gasteiger partial charge is 0.222 e. The van der Waals surface area contributed by atoms with Crippen LogP contribution in [0.1, 0.15) is 23.1 Å². The standard InChI is InChI=1S/C12H15NO/c1-8-3-4-10(9(2)5-8)6-11-7-12(14)13-11/h3-5,11H,6-7H2,1-2H3,(H,13,14). The summed E-state index contributed by atoms with van der Waals surface area (Å²) >= 11 is 0. The molecule has 74 valence electrons. The fraction of sp³-hybridized carbons (Fsp3) is 0.417. The van der Waals surface area contributed by atoms with Crippen LogP contribution in [0.4, 0.5) is 0 Å². The summed E-state index contributed by atoms with van der Waals surface area (Å²) in [6.07, 6.45) is 1.66. The van der Waals surface area contributed by atoms with Gasteiger partial charge in [0.25, 0.3) is 0 Å². The molecule has 1 atom stereocenters. The zero-order chi connectivity index (χ0) is 10.1. The number of amides is 1. The van der Waals surface area contributed by atoms with Crippen LogP contribution < -0.4 is 5.32 Å². The topological polar surface area (TPSA) is 29.1 Å². The Morgan fingerprint density at radius 2 is 2.14 bits per heavy atom. The maximum absolute atomic E-state index is 10.7. The van der Waals surface area contributed by atoms with E-state index in [0.717, 1.165) is 6.42 Å². The molecular formula is C12H15NO. The Kier molecular flexibility index (Phi) is 2.28. The lowest BCUT2D eigenvalue weighted by Gasteiger charge is -2.27. The van der Waals surface area contributed by atoms with Crippen LogP contribution in [0.3, 0.4) is 0 Å². The molecule has 2 rings (SSSR count). The molecule has 0 radical (unpaired) electrons. The molecule has 2 nitrogen and oxygen atoms in total. The van der Waals surface area contributed by atoms with E-state index in [9.17, 15) is 4.79 Å². The minimum atomic E-state index is 0.180. The van der Waals surface area contributed by atoms with Crippen LogP contribution in [0, 0.1) is 13.8 Å². The Bertz CT molecular complexity index is 363. The van der Waals surface area contributed by atoms with E-state index in [0.29, 0.717) is 12.5 Å². The molecule has 0 saturated carbocycles. The van der Waals surface area contributed by atoms with Gasteiger partial charge in [-0.15, -0.1) is 0 Å². The van der Waals surface area contributed by atoms with Gasteiger partial charge in [0.2, 0.25) is 5.91 Å². The maximum Gasteiger partial charge on any atom is 0.222 e. The van der Waals surface area contributed by atoms with Crippen LogP contribution >= 0.6 is 0 Å². The maximum atomic E-state index is 10.7. The van der Waals surface area contributed by atoms with Crippen LogP contribution in [0.25, 0.3) is 0 Å². The molecule has 0 aliphatic carbocycles. The van der Waals surface area contributed by atoms with Gasteiger partial charge in [-0.05, 0) is 31.4 Å². The number of benzene rings is 1. The summed E-state index contributed by atoms with van der Waals surface area (Å²) < 4.78 is 0. The molecule has 1 amide bonds. The number of hydrogen-bond acceptors (Lipinski definition) is 1. The van der Waals surface area contributed by atoms with Crippen molar-refractivity contribution in [1.82, 2.24) is 5.32 Å². The van der Waals surface area contributed by atoms with Crippen LogP contribution in [0.15, 0.2) is 18.2 Å². The summed E-state index contributed by atoms with van der Waals surface area (Å²) in [5, 5.41) is 2.89. The SMILES string of the molecule is Cc1ccc(CC2CC(=O)N2)c(C)c1. The average molecular weight is 189 g/mol. The fourth-order valence-electron chi connectivity index (χ4n) is 1.89. The molecule has 1 saturated heterocycles. The Morgan fingerprint density at radius 1 is 1.43 bits per heavy atom. The molecule has 1 aromatic rings. The molecule has 0 spiro atoms. The number of hydrogen-bond donors (Lipinski definition) is 1. The van der Waals surface area contributed by atoms with Crippen LogP contribution in [-0.4, -0.2) is 11.9 Å². The molecule has 0 aromatic heterocycles. The lowest BCUT2D eigenvalue weighted by molar-refractivity contribution is -0.128. The van der Waals surface area contributed by atoms with E-state index in [2.05, 4.69) is 37.4 Å². The highest BCUT2D eigenvalue weighted by molar-refractivity contribution is 5.82. The molecule has 14 heavy (non-hydrogen) atoms. The van der Waals surface area contributed by atoms with Gasteiger partial charge in [0.1, 0.15) is 0 Å². The molecule has 1 aliphatic heterocycles. The van der Waals surface area contributed by atoms with Crippen molar-refractivity contribution in [3.8, 4) is 0 Å². The normalized spacial score (nSPS) is 20.1. The first kappa shape index (κ1) is 9.25. The second-order valence-electron chi connectivity index (χ2n) is 4.10. The number of carbonyl (C=O) groups is 1. The monoisotopic (exact) mass is 189 g/mol. The van der Waals surface area contributed by atoms with Gasteiger partial charge in [0.15, 0.2) is 0 Å². The van der Waals surface area contributed by atoms with Crippen LogP contribution in [-0.2, 0) is 11.2 Å². The molecule has 1 aliphatic rings. The van der Waals surface area contributed by atoms with Crippen molar-refractivity contribution in [3.05, 3.63) is 34.9 Å². The third kappa shape index (κ3) is 1.79. The molecular weight excluding hydrogens is 174 g/mol. The Balaban J connectivity index is 2.06. The summed E-state index contributed by atoms with van der Waals surface area (Å²) in [5.74, 6) is 0.180. The predicted molar refractivity (Wildman–Crippen MR) is 56.2 cm³/mol. The number of β-lactam (4-membered cyclic amide) rings is 1. The van der Waals surface area contributed by atoms with Crippen LogP contribution in [0.2, 0.25) is 0 Å². The van der Waals surface area contributed by atoms with Gasteiger partial charge in [0.05, 0.1) is 0 Å². The van der Waals surface area contributed by atoms with Crippen molar-refractivity contribution in [1.29, 1.82) is 0 Å². The first-order chi connectivity index (χ1) is 6.65. The number of nitrogens with one attached hydrogen (secondary N) is 1. The zero-order valence-corrected chi connectivity index (χ0v) is 8.63. The Morgan fingerprint density at radius 3 is 2.71 bits per heavy atom. The number of rotatable bonds is 2. The van der Waals surface area contributed by atoms with Crippen molar-refractivity contribution in [2.45, 2.75) is 32.7 Å². The van der Waals surface area contributed by atoms with Crippen molar-refractivity contribution >= 4 is 5.91 Å². The van der Waals surface area contributed by atoms with Gasteiger partial charge in [-0.1, -0.05) is 23.8 Å². The van der Waals surface area contributed by atoms with E-state index < -0.39 is 0 Å². The van der Waals surface area contributed by atoms with Gasteiger partial charge in [-0.25, -0.2) is 0 Å². The molecule has 1 heterocycles. The highest BCUT2D eigenvalue weighted by Crippen LogP contribution is 2.16. The van der Waals surface area contributed by atoms with Gasteiger partial charge in [0, 0.05) is 12.5 Å². The van der Waals surface area contributed by atoms with E-state index in [1.54, 1.807) is 0 Å². The van der Waals surface area contributed by atoms with E-state index in [-0.39, 0.29) is 5.91 Å². The lowest BCUT2D eigenvalue weighted by atomic mass is 9.94. The van der Waals surface area contributed by atoms with Gasteiger partial charge in [-0.2, -0.15) is 0 Å². The van der Waals surface area contributed by atoms with E-state index in [4.69, 9.17) is 0 Å². The molecule has 2 heteroatoms. The summed E-state index contributed by atoms with van der Waals surface area (Å²) in [6.45, 7) is 4.23. The van der Waals surface area contributed by atoms with Crippen molar-refractivity contribution in [3.63, 3.8) is 0 Å². The zero-order valence-electron chi connectivity index (χ0n) is 8.63. The number of carbonyl (C=O) groups excluding carboxylic acids is 1. The summed E-state index contributed by atoms with van der Waals surface area (Å²) in [5.41, 5.74) is 3.97. The third-order valence-corrected chi connectivity index (χ3v) is 2.76. The number of aryl methyl sites for hydroxylation is 2. The van der Waals surface area contributed by atoms with Gasteiger partial charge < -0.3 is 5.32 Å². The highest BCUT2D eigenvalue weighted by Gasteiger charge is 2.25. The summed E-state index contributed by atoms with van der Waals surface area (Å²) in [7, 11) is 0. The van der Waals surface area contributed by atoms with Gasteiger partial charge in [-0.3, -0.25) is 4.79 Å². The average Bonchev–Trinajstić information content (AvgIpc) is 2.06. The molecule has 1 unspecified atom stereocenters. The molecule has 0 bridgehead atoms. The molecule has 1 N–H and O–H groups in total. The second-order valence-corrected chi connectivity index (χ2v) is 4.10. The summed E-state index contributed by atoms with van der Waals surface area (Å²) in [4.78, 5) is 10.7. The lowest BCUT2D eigenvalue weighted by Crippen LogP contribution is -2.49. The fourth-order valence-corrected chi connectivity index (χ4v) is 1.89. The van der Waals surface area contributed by atoms with Crippen molar-refractivity contribution in [2.24, 2.45) is 0 Å². The Labute approximate surface area is 84.3 Å². The summed E-state index contributed by atoms with van der Waals surface area (Å²) in [6, 6.07) is 6.84. The first-order valence-electron chi connectivity index (χ1n) is 5.00. The first-order valence-corrected chi connectivity index (χ1v) is 5.00. The van der Waals surface area contributed by atoms with Crippen molar-refractivity contribution in [2.75, 3.05) is 0 Å². The second kappa shape index (κ2) is 3.45. The molecule has 1 aromatic carbocycles. The minimum absolute atomic E-state index is 0.180. The molecule has 1 fully saturated rings. The minimum Gasteiger partial charge on any atom is -0.352 e. The van der Waals surface area contributed by atoms with E-state index >= 15 is 0 Å². The Hall–Kier alpha value is -1.31. The van der Waals surface area contributed by atoms with E-state index in [1.165, 1.54) is 16.7 Å². The van der Waals surface area contributed by atoms with E-state index in [1.807, 2.05) is 0 Å². The van der Waals surface area contributed by atoms with Crippen molar-refractivity contribution < 1.29 is 4.79 Å². The third-order valence-electron chi connectivity index (χ3n) is 2.76.